The molecule has 0 spiro atoms. The van der Waals surface area contributed by atoms with E-state index in [0.717, 1.165) is 28.5 Å². The molecule has 0 bridgehead atoms. The topological polar surface area (TPSA) is 37.9 Å². The van der Waals surface area contributed by atoms with E-state index in [9.17, 15) is 0 Å². The monoisotopic (exact) mass is 236 g/mol. The maximum absolute atomic E-state index is 5.79. The van der Waals surface area contributed by atoms with Gasteiger partial charge >= 0.3 is 0 Å². The molecule has 1 heterocycles. The van der Waals surface area contributed by atoms with E-state index in [4.69, 9.17) is 16.3 Å². The molecule has 4 heteroatoms. The van der Waals surface area contributed by atoms with Crippen LogP contribution < -0.4 is 4.74 Å². The number of hydrogen-bond acceptors (Lipinski definition) is 2. The largest absolute Gasteiger partial charge is 0.496 e. The van der Waals surface area contributed by atoms with Crippen LogP contribution in [0.25, 0.3) is 11.4 Å². The number of H-pyrrole nitrogens is 1. The second-order valence-electron chi connectivity index (χ2n) is 3.49. The zero-order valence-electron chi connectivity index (χ0n) is 9.25. The first-order valence-corrected chi connectivity index (χ1v) is 5.54. The average molecular weight is 237 g/mol. The first kappa shape index (κ1) is 11.0. The number of hydrogen-bond donors (Lipinski definition) is 1. The Balaban J connectivity index is 2.49. The lowest BCUT2D eigenvalue weighted by Crippen LogP contribution is -1.88. The molecule has 0 saturated carbocycles. The van der Waals surface area contributed by atoms with Crippen LogP contribution in [-0.2, 0) is 5.88 Å². The number of benzene rings is 1. The molecule has 0 aliphatic rings. The van der Waals surface area contributed by atoms with Crippen molar-refractivity contribution in [3.8, 4) is 17.1 Å². The highest BCUT2D eigenvalue weighted by Gasteiger charge is 2.11. The van der Waals surface area contributed by atoms with Gasteiger partial charge in [-0.25, -0.2) is 4.98 Å². The number of nitrogens with one attached hydrogen (secondary N) is 1. The summed E-state index contributed by atoms with van der Waals surface area (Å²) in [5, 5.41) is 0. The molecule has 1 N–H and O–H groups in total. The number of nitrogens with zero attached hydrogens (tertiary/aromatic N) is 1. The fraction of sp³-hybridized carbons (Fsp3) is 0.250. The smallest absolute Gasteiger partial charge is 0.141 e. The molecular weight excluding hydrogens is 224 g/mol. The van der Waals surface area contributed by atoms with Gasteiger partial charge in [-0.15, -0.1) is 11.6 Å². The van der Waals surface area contributed by atoms with Crippen LogP contribution in [0.5, 0.6) is 5.75 Å². The number of methoxy groups -OCH3 is 1. The van der Waals surface area contributed by atoms with Crippen molar-refractivity contribution in [1.82, 2.24) is 9.97 Å². The molecule has 2 rings (SSSR count). The fourth-order valence-electron chi connectivity index (χ4n) is 1.59. The van der Waals surface area contributed by atoms with Gasteiger partial charge in [-0.3, -0.25) is 0 Å². The van der Waals surface area contributed by atoms with Crippen molar-refractivity contribution < 1.29 is 4.74 Å². The number of aryl methyl sites for hydroxylation is 1. The molecule has 16 heavy (non-hydrogen) atoms. The van der Waals surface area contributed by atoms with E-state index >= 15 is 0 Å². The molecule has 1 aromatic carbocycles. The summed E-state index contributed by atoms with van der Waals surface area (Å²) in [7, 11) is 1.65. The van der Waals surface area contributed by atoms with Crippen LogP contribution in [0.3, 0.4) is 0 Å². The minimum atomic E-state index is 0.414. The predicted molar refractivity (Wildman–Crippen MR) is 64.9 cm³/mol. The highest BCUT2D eigenvalue weighted by Crippen LogP contribution is 2.28. The number of aromatic nitrogens is 2. The van der Waals surface area contributed by atoms with Gasteiger partial charge in [0.15, 0.2) is 0 Å². The van der Waals surface area contributed by atoms with Crippen molar-refractivity contribution in [1.29, 1.82) is 0 Å². The van der Waals surface area contributed by atoms with Crippen molar-refractivity contribution in [2.75, 3.05) is 7.11 Å². The maximum Gasteiger partial charge on any atom is 0.141 e. The molecule has 2 aromatic rings. The van der Waals surface area contributed by atoms with E-state index in [1.54, 1.807) is 7.11 Å². The zero-order valence-corrected chi connectivity index (χ0v) is 10.0. The SMILES string of the molecule is COc1ccccc1-c1nc(CCl)c(C)[nH]1. The number of aromatic amines is 1. The Kier molecular flexibility index (Phi) is 3.15. The molecule has 0 aliphatic carbocycles. The number of halogens is 1. The Morgan fingerprint density at radius 2 is 2.12 bits per heavy atom. The van der Waals surface area contributed by atoms with E-state index in [2.05, 4.69) is 9.97 Å². The molecule has 84 valence electrons. The highest BCUT2D eigenvalue weighted by molar-refractivity contribution is 6.17. The summed E-state index contributed by atoms with van der Waals surface area (Å²) in [5.41, 5.74) is 2.82. The minimum absolute atomic E-state index is 0.414. The van der Waals surface area contributed by atoms with Gasteiger partial charge in [0.25, 0.3) is 0 Å². The number of ether oxygens (including phenoxy) is 1. The molecule has 0 radical (unpaired) electrons. The van der Waals surface area contributed by atoms with Gasteiger partial charge in [0.2, 0.25) is 0 Å². The summed E-state index contributed by atoms with van der Waals surface area (Å²) in [4.78, 5) is 7.65. The third kappa shape index (κ3) is 1.91. The Morgan fingerprint density at radius 3 is 2.75 bits per heavy atom. The molecule has 3 nitrogen and oxygen atoms in total. The highest BCUT2D eigenvalue weighted by atomic mass is 35.5. The lowest BCUT2D eigenvalue weighted by Gasteiger charge is -2.04. The van der Waals surface area contributed by atoms with Crippen LogP contribution >= 0.6 is 11.6 Å². The van der Waals surface area contributed by atoms with Crippen molar-refractivity contribution in [3.63, 3.8) is 0 Å². The molecule has 0 amide bonds. The summed E-state index contributed by atoms with van der Waals surface area (Å²) in [6.07, 6.45) is 0. The predicted octanol–water partition coefficient (Wildman–Crippen LogP) is 3.13. The Labute approximate surface area is 99.4 Å². The van der Waals surface area contributed by atoms with Gasteiger partial charge in [-0.1, -0.05) is 12.1 Å². The van der Waals surface area contributed by atoms with Crippen LogP contribution in [0.1, 0.15) is 11.4 Å². The van der Waals surface area contributed by atoms with Crippen LogP contribution in [0.2, 0.25) is 0 Å². The average Bonchev–Trinajstić information content (AvgIpc) is 2.70. The number of imidazole rings is 1. The lowest BCUT2D eigenvalue weighted by molar-refractivity contribution is 0.416. The third-order valence-corrected chi connectivity index (χ3v) is 2.73. The van der Waals surface area contributed by atoms with Crippen molar-refractivity contribution in [3.05, 3.63) is 35.7 Å². The summed E-state index contributed by atoms with van der Waals surface area (Å²) in [6.45, 7) is 1.96. The maximum atomic E-state index is 5.79. The molecule has 0 aliphatic heterocycles. The van der Waals surface area contributed by atoms with E-state index in [0.29, 0.717) is 5.88 Å². The second-order valence-corrected chi connectivity index (χ2v) is 3.76. The second kappa shape index (κ2) is 4.58. The van der Waals surface area contributed by atoms with Crippen molar-refractivity contribution in [2.45, 2.75) is 12.8 Å². The van der Waals surface area contributed by atoms with Gasteiger partial charge in [-0.2, -0.15) is 0 Å². The van der Waals surface area contributed by atoms with E-state index in [-0.39, 0.29) is 0 Å². The number of rotatable bonds is 3. The molecular formula is C12H13ClN2O. The van der Waals surface area contributed by atoms with E-state index in [1.165, 1.54) is 0 Å². The zero-order chi connectivity index (χ0) is 11.5. The molecule has 0 saturated heterocycles. The van der Waals surface area contributed by atoms with Crippen LogP contribution in [-0.4, -0.2) is 17.1 Å². The molecule has 0 fully saturated rings. The van der Waals surface area contributed by atoms with E-state index < -0.39 is 0 Å². The van der Waals surface area contributed by atoms with Gasteiger partial charge in [-0.05, 0) is 19.1 Å². The summed E-state index contributed by atoms with van der Waals surface area (Å²) >= 11 is 5.79. The Bertz CT molecular complexity index is 494. The van der Waals surface area contributed by atoms with Gasteiger partial charge in [0.1, 0.15) is 11.6 Å². The summed E-state index contributed by atoms with van der Waals surface area (Å²) in [6, 6.07) is 7.76. The number of para-hydroxylation sites is 1. The van der Waals surface area contributed by atoms with Crippen LogP contribution in [0, 0.1) is 6.92 Å². The first-order chi connectivity index (χ1) is 7.76. The van der Waals surface area contributed by atoms with Crippen molar-refractivity contribution in [2.24, 2.45) is 0 Å². The summed E-state index contributed by atoms with van der Waals surface area (Å²) < 4.78 is 5.29. The first-order valence-electron chi connectivity index (χ1n) is 5.01. The molecule has 0 unspecified atom stereocenters. The normalized spacial score (nSPS) is 10.4. The summed E-state index contributed by atoms with van der Waals surface area (Å²) in [5.74, 6) is 2.01. The van der Waals surface area contributed by atoms with Crippen LogP contribution in [0.4, 0.5) is 0 Å². The van der Waals surface area contributed by atoms with Gasteiger partial charge in [0, 0.05) is 5.69 Å². The Hall–Kier alpha value is -1.48. The van der Waals surface area contributed by atoms with Crippen LogP contribution in [0.15, 0.2) is 24.3 Å². The van der Waals surface area contributed by atoms with Crippen molar-refractivity contribution >= 4 is 11.6 Å². The van der Waals surface area contributed by atoms with Gasteiger partial charge in [0.05, 0.1) is 24.2 Å². The molecule has 1 aromatic heterocycles. The third-order valence-electron chi connectivity index (χ3n) is 2.47. The quantitative estimate of drug-likeness (QED) is 0.832. The fourth-order valence-corrected chi connectivity index (χ4v) is 1.85. The Morgan fingerprint density at radius 1 is 1.38 bits per heavy atom. The number of alkyl halides is 1. The van der Waals surface area contributed by atoms with E-state index in [1.807, 2.05) is 31.2 Å². The lowest BCUT2D eigenvalue weighted by atomic mass is 10.2. The minimum Gasteiger partial charge on any atom is -0.496 e. The molecule has 0 atom stereocenters. The van der Waals surface area contributed by atoms with Gasteiger partial charge < -0.3 is 9.72 Å². The standard InChI is InChI=1S/C12H13ClN2O/c1-8-10(7-13)15-12(14-8)9-5-3-4-6-11(9)16-2/h3-6H,7H2,1-2H3,(H,14,15).